The van der Waals surface area contributed by atoms with Gasteiger partial charge in [-0.3, -0.25) is 9.59 Å². The van der Waals surface area contributed by atoms with Gasteiger partial charge in [-0.1, -0.05) is 25.4 Å². The van der Waals surface area contributed by atoms with Crippen LogP contribution < -0.4 is 0 Å². The molecule has 1 aliphatic carbocycles. The van der Waals surface area contributed by atoms with Gasteiger partial charge in [-0.15, -0.1) is 0 Å². The van der Waals surface area contributed by atoms with Gasteiger partial charge < -0.3 is 9.80 Å². The Morgan fingerprint density at radius 1 is 1.23 bits per heavy atom. The summed E-state index contributed by atoms with van der Waals surface area (Å²) in [6, 6.07) is 5.18. The Morgan fingerprint density at radius 2 is 1.97 bits per heavy atom. The number of aromatic nitrogens is 3. The Kier molecular flexibility index (Phi) is 4.62. The Balaban J connectivity index is 1.36. The molecule has 3 aromatic rings. The normalized spacial score (nSPS) is 24.0. The highest BCUT2D eigenvalue weighted by Gasteiger charge is 2.67. The molecule has 7 nitrogen and oxygen atoms in total. The van der Waals surface area contributed by atoms with E-state index < -0.39 is 24.9 Å². The molecule has 2 aromatic heterocycles. The van der Waals surface area contributed by atoms with Crippen molar-refractivity contribution in [2.24, 2.45) is 17.3 Å². The lowest BCUT2D eigenvalue weighted by Gasteiger charge is -2.39. The summed E-state index contributed by atoms with van der Waals surface area (Å²) in [6.45, 7) is 6.00. The van der Waals surface area contributed by atoms with E-state index in [2.05, 4.69) is 23.9 Å². The first-order valence-corrected chi connectivity index (χ1v) is 11.9. The molecule has 2 atom stereocenters. The minimum atomic E-state index is -2.86. The molecule has 0 bridgehead atoms. The summed E-state index contributed by atoms with van der Waals surface area (Å²) >= 11 is 6.34. The molecule has 2 amide bonds. The zero-order valence-electron chi connectivity index (χ0n) is 19.6. The average Bonchev–Trinajstić information content (AvgIpc) is 3.06. The van der Waals surface area contributed by atoms with Crippen LogP contribution >= 0.6 is 11.6 Å². The molecule has 35 heavy (non-hydrogen) atoms. The van der Waals surface area contributed by atoms with Gasteiger partial charge >= 0.3 is 0 Å². The van der Waals surface area contributed by atoms with Crippen LogP contribution in [0.3, 0.4) is 0 Å². The van der Waals surface area contributed by atoms with Crippen LogP contribution in [0.15, 0.2) is 30.7 Å². The second-order valence-electron chi connectivity index (χ2n) is 10.6. The van der Waals surface area contributed by atoms with Gasteiger partial charge in [-0.2, -0.15) is 5.10 Å². The standard InChI is InChI=1S/C25H24ClF2N5O2/c1-13-4-15(26)6-16(19(13)22(34)32-10-25(27,28)11-32)21-18-5-14(8-33(18)30-12-29-21)7-31-9-17-20(23(31)35)24(17,2)3/h4-6,8,12,17,20H,7,9-11H2,1-3H3. The summed E-state index contributed by atoms with van der Waals surface area (Å²) in [4.78, 5) is 33.4. The molecule has 4 heterocycles. The van der Waals surface area contributed by atoms with Crippen LogP contribution in [-0.2, 0) is 11.3 Å². The maximum Gasteiger partial charge on any atom is 0.282 e. The number of fused-ring (bicyclic) bond motifs is 2. The van der Waals surface area contributed by atoms with Gasteiger partial charge in [-0.25, -0.2) is 18.3 Å². The first-order valence-electron chi connectivity index (χ1n) is 11.5. The van der Waals surface area contributed by atoms with Crippen LogP contribution in [0.4, 0.5) is 8.78 Å². The first-order chi connectivity index (χ1) is 16.5. The number of rotatable bonds is 4. The second kappa shape index (κ2) is 7.22. The molecule has 10 heteroatoms. The molecule has 6 rings (SSSR count). The highest BCUT2D eigenvalue weighted by atomic mass is 35.5. The van der Waals surface area contributed by atoms with Crippen molar-refractivity contribution in [3.05, 3.63) is 52.4 Å². The monoisotopic (exact) mass is 499 g/mol. The van der Waals surface area contributed by atoms with Gasteiger partial charge in [0.15, 0.2) is 0 Å². The largest absolute Gasteiger partial charge is 0.338 e. The third-order valence-electron chi connectivity index (χ3n) is 7.78. The van der Waals surface area contributed by atoms with Crippen LogP contribution in [0.5, 0.6) is 0 Å². The van der Waals surface area contributed by atoms with E-state index in [0.29, 0.717) is 45.4 Å². The molecule has 2 saturated heterocycles. The Morgan fingerprint density at radius 3 is 2.63 bits per heavy atom. The number of halogens is 3. The number of alkyl halides is 2. The smallest absolute Gasteiger partial charge is 0.282 e. The summed E-state index contributed by atoms with van der Waals surface area (Å²) < 4.78 is 28.6. The van der Waals surface area contributed by atoms with Gasteiger partial charge in [-0.05, 0) is 47.6 Å². The van der Waals surface area contributed by atoms with E-state index in [1.807, 2.05) is 17.2 Å². The van der Waals surface area contributed by atoms with Crippen molar-refractivity contribution in [1.29, 1.82) is 0 Å². The quantitative estimate of drug-likeness (QED) is 0.542. The van der Waals surface area contributed by atoms with Gasteiger partial charge in [0.25, 0.3) is 11.8 Å². The van der Waals surface area contributed by atoms with Crippen LogP contribution in [0.2, 0.25) is 5.02 Å². The molecule has 182 valence electrons. The number of carbonyl (C=O) groups excluding carboxylic acids is 2. The maximum absolute atomic E-state index is 13.5. The number of carbonyl (C=O) groups is 2. The topological polar surface area (TPSA) is 70.8 Å². The molecule has 0 radical (unpaired) electrons. The fourth-order valence-electron chi connectivity index (χ4n) is 5.77. The number of likely N-dealkylation sites (tertiary alicyclic amines) is 2. The van der Waals surface area contributed by atoms with Gasteiger partial charge in [0.2, 0.25) is 5.91 Å². The molecule has 0 N–H and O–H groups in total. The number of amides is 2. The van der Waals surface area contributed by atoms with E-state index in [9.17, 15) is 18.4 Å². The fraction of sp³-hybridized carbons (Fsp3) is 0.440. The zero-order valence-corrected chi connectivity index (χ0v) is 20.3. The summed E-state index contributed by atoms with van der Waals surface area (Å²) in [6.07, 6.45) is 3.23. The van der Waals surface area contributed by atoms with E-state index in [0.717, 1.165) is 17.0 Å². The molecule has 2 aliphatic heterocycles. The molecule has 2 unspecified atom stereocenters. The van der Waals surface area contributed by atoms with Crippen molar-refractivity contribution >= 4 is 28.9 Å². The lowest BCUT2D eigenvalue weighted by atomic mass is 9.96. The van der Waals surface area contributed by atoms with Gasteiger partial charge in [0.05, 0.1) is 29.9 Å². The number of nitrogens with zero attached hydrogens (tertiary/aromatic N) is 5. The molecule has 3 fully saturated rings. The number of benzene rings is 1. The van der Waals surface area contributed by atoms with Crippen LogP contribution in [-0.4, -0.2) is 61.8 Å². The van der Waals surface area contributed by atoms with E-state index >= 15 is 0 Å². The summed E-state index contributed by atoms with van der Waals surface area (Å²) in [7, 11) is 0. The van der Waals surface area contributed by atoms with E-state index in [1.165, 1.54) is 6.33 Å². The van der Waals surface area contributed by atoms with Crippen molar-refractivity contribution in [3.8, 4) is 11.3 Å². The van der Waals surface area contributed by atoms with E-state index in [4.69, 9.17) is 11.6 Å². The summed E-state index contributed by atoms with van der Waals surface area (Å²) in [5, 5.41) is 4.72. The van der Waals surface area contributed by atoms with Crippen LogP contribution in [0, 0.1) is 24.2 Å². The van der Waals surface area contributed by atoms with Gasteiger partial charge in [0.1, 0.15) is 6.33 Å². The predicted octanol–water partition coefficient (Wildman–Crippen LogP) is 4.06. The third kappa shape index (κ3) is 3.43. The number of hydrogen-bond acceptors (Lipinski definition) is 4. The molecule has 3 aliphatic rings. The minimum absolute atomic E-state index is 0.0888. The highest BCUT2D eigenvalue weighted by Crippen LogP contribution is 2.62. The second-order valence-corrected chi connectivity index (χ2v) is 11.0. The van der Waals surface area contributed by atoms with Crippen molar-refractivity contribution in [2.45, 2.75) is 33.2 Å². The lowest BCUT2D eigenvalue weighted by Crippen LogP contribution is -2.58. The van der Waals surface area contributed by atoms with E-state index in [-0.39, 0.29) is 17.2 Å². The first kappa shape index (κ1) is 22.4. The summed E-state index contributed by atoms with van der Waals surface area (Å²) in [5.74, 6) is -2.65. The average molecular weight is 500 g/mol. The fourth-order valence-corrected chi connectivity index (χ4v) is 6.04. The highest BCUT2D eigenvalue weighted by molar-refractivity contribution is 6.31. The molecule has 1 saturated carbocycles. The predicted molar refractivity (Wildman–Crippen MR) is 125 cm³/mol. The summed E-state index contributed by atoms with van der Waals surface area (Å²) in [5.41, 5.74) is 3.45. The Labute approximate surface area is 205 Å². The Hall–Kier alpha value is -3.07. The minimum Gasteiger partial charge on any atom is -0.338 e. The lowest BCUT2D eigenvalue weighted by molar-refractivity contribution is -0.131. The third-order valence-corrected chi connectivity index (χ3v) is 8.00. The molecular weight excluding hydrogens is 476 g/mol. The Bertz CT molecular complexity index is 1410. The van der Waals surface area contributed by atoms with Gasteiger partial charge in [0, 0.05) is 35.8 Å². The van der Waals surface area contributed by atoms with Crippen LogP contribution in [0.25, 0.3) is 16.8 Å². The maximum atomic E-state index is 13.5. The van der Waals surface area contributed by atoms with Crippen molar-refractivity contribution in [2.75, 3.05) is 19.6 Å². The number of piperidine rings is 1. The van der Waals surface area contributed by atoms with Crippen molar-refractivity contribution in [1.82, 2.24) is 24.4 Å². The molecular formula is C25H24ClF2N5O2. The molecule has 1 aromatic carbocycles. The number of aryl methyl sites for hydroxylation is 1. The van der Waals surface area contributed by atoms with Crippen LogP contribution in [0.1, 0.15) is 35.3 Å². The van der Waals surface area contributed by atoms with E-state index in [1.54, 1.807) is 23.6 Å². The molecule has 0 spiro atoms. The number of hydrogen-bond donors (Lipinski definition) is 0. The van der Waals surface area contributed by atoms with Crippen molar-refractivity contribution < 1.29 is 18.4 Å². The van der Waals surface area contributed by atoms with Crippen molar-refractivity contribution in [3.63, 3.8) is 0 Å². The zero-order chi connectivity index (χ0) is 24.9. The SMILES string of the molecule is Cc1cc(Cl)cc(-c2ncnn3cc(CN4CC5C(C4=O)C5(C)C)cc23)c1C(=O)N1CC(F)(F)C1.